The van der Waals surface area contributed by atoms with E-state index in [4.69, 9.17) is 13.3 Å². The van der Waals surface area contributed by atoms with Crippen molar-refractivity contribution in [2.45, 2.75) is 57.7 Å². The molecule has 0 bridgehead atoms. The van der Waals surface area contributed by atoms with Gasteiger partial charge in [0.05, 0.1) is 0 Å². The molecule has 0 aromatic rings. The van der Waals surface area contributed by atoms with Gasteiger partial charge in [-0.15, -0.1) is 0 Å². The molecule has 0 unspecified atom stereocenters. The largest absolute Gasteiger partial charge is 0.374 e. The lowest BCUT2D eigenvalue weighted by Crippen LogP contribution is -2.47. The summed E-state index contributed by atoms with van der Waals surface area (Å²) in [6.07, 6.45) is 0.917. The molecule has 0 aliphatic rings. The minimum atomic E-state index is -1.13. The monoisotopic (exact) mass is 296 g/mol. The lowest BCUT2D eigenvalue weighted by Gasteiger charge is -2.38. The highest BCUT2D eigenvalue weighted by atomic mass is 28.3. The Morgan fingerprint density at radius 2 is 1.12 bits per heavy atom. The molecule has 0 aliphatic heterocycles. The van der Waals surface area contributed by atoms with E-state index in [9.17, 15) is 0 Å². The van der Waals surface area contributed by atoms with Crippen LogP contribution < -0.4 is 0 Å². The molecule has 0 aromatic carbocycles. The number of hydrogen-bond donors (Lipinski definition) is 0. The van der Waals surface area contributed by atoms with E-state index in [0.717, 1.165) is 6.42 Å². The van der Waals surface area contributed by atoms with Gasteiger partial charge in [0.15, 0.2) is 27.1 Å². The highest BCUT2D eigenvalue weighted by Crippen LogP contribution is 2.25. The molecule has 0 fully saturated rings. The van der Waals surface area contributed by atoms with Crippen LogP contribution in [0.3, 0.4) is 0 Å². The van der Waals surface area contributed by atoms with E-state index in [1.54, 1.807) is 0 Å². The van der Waals surface area contributed by atoms with Gasteiger partial charge in [-0.3, -0.25) is 0 Å². The normalized spacial score (nSPS) is 13.3. The lowest BCUT2D eigenvalue weighted by molar-refractivity contribution is -0.263. The zero-order valence-corrected chi connectivity index (χ0v) is 17.3. The third kappa shape index (κ3) is 7.15. The first-order valence-electron chi connectivity index (χ1n) is 6.34. The lowest BCUT2D eigenvalue weighted by atomic mass is 10.4. The van der Waals surface area contributed by atoms with Crippen LogP contribution in [-0.2, 0) is 13.3 Å². The third-order valence-electron chi connectivity index (χ3n) is 1.80. The van der Waals surface area contributed by atoms with Gasteiger partial charge in [0.2, 0.25) is 0 Å². The van der Waals surface area contributed by atoms with Gasteiger partial charge in [-0.05, 0) is 39.3 Å². The van der Waals surface area contributed by atoms with Crippen molar-refractivity contribution in [3.05, 3.63) is 0 Å². The van der Waals surface area contributed by atoms with Crippen LogP contribution >= 0.6 is 0 Å². The van der Waals surface area contributed by atoms with Gasteiger partial charge in [-0.1, -0.05) is 6.04 Å². The fourth-order valence-corrected chi connectivity index (χ4v) is 5.43. The molecule has 3 nitrogen and oxygen atoms in total. The maximum absolute atomic E-state index is 6.09. The average molecular weight is 297 g/mol. The highest BCUT2D eigenvalue weighted by Gasteiger charge is 2.35. The summed E-state index contributed by atoms with van der Waals surface area (Å²) < 4.78 is 18.3. The summed E-state index contributed by atoms with van der Waals surface area (Å²) >= 11 is 0. The highest BCUT2D eigenvalue weighted by molar-refractivity contribution is 6.51. The van der Waals surface area contributed by atoms with Crippen molar-refractivity contribution in [1.82, 2.24) is 0 Å². The first kappa shape index (κ1) is 16.7. The molecule has 0 aliphatic carbocycles. The summed E-state index contributed by atoms with van der Waals surface area (Å²) in [6.45, 7) is 13.1. The third-order valence-corrected chi connectivity index (χ3v) is 4.79. The van der Waals surface area contributed by atoms with Crippen molar-refractivity contribution in [2.24, 2.45) is 0 Å². The fourth-order valence-electron chi connectivity index (χ4n) is 1.64. The molecule has 0 amide bonds. The van der Waals surface area contributed by atoms with Gasteiger partial charge in [0.1, 0.15) is 0 Å². The molecule has 98 valence electrons. The van der Waals surface area contributed by atoms with Crippen molar-refractivity contribution in [1.29, 1.82) is 0 Å². The van der Waals surface area contributed by atoms with E-state index in [1.165, 1.54) is 16.3 Å². The molecule has 0 aromatic heterocycles. The predicted molar refractivity (Wildman–Crippen MR) is 82.0 cm³/mol. The first-order valence-corrected chi connectivity index (χ1v) is 16.1. The van der Waals surface area contributed by atoms with E-state index in [1.807, 2.05) is 0 Å². The molecular formula is C9H28O3Si4. The topological polar surface area (TPSA) is 27.7 Å². The summed E-state index contributed by atoms with van der Waals surface area (Å²) in [4.78, 5) is 0. The van der Waals surface area contributed by atoms with Crippen LogP contribution in [0, 0.1) is 0 Å². The summed E-state index contributed by atoms with van der Waals surface area (Å²) in [5.74, 6) is -0.664. The Morgan fingerprint density at radius 1 is 0.812 bits per heavy atom. The summed E-state index contributed by atoms with van der Waals surface area (Å²) in [6, 6.07) is 1.17. The average Bonchev–Trinajstić information content (AvgIpc) is 1.98. The van der Waals surface area contributed by atoms with E-state index in [2.05, 4.69) is 39.3 Å². The van der Waals surface area contributed by atoms with Crippen molar-refractivity contribution < 1.29 is 13.3 Å². The Hall–Kier alpha value is 0.748. The molecule has 0 radical (unpaired) electrons. The van der Waals surface area contributed by atoms with Gasteiger partial charge in [-0.25, -0.2) is 0 Å². The quantitative estimate of drug-likeness (QED) is 0.490. The second kappa shape index (κ2) is 7.96. The standard InChI is InChI=1S/C9H28O3Si4/c1-14(2)10-9(7-8-13,11-15(3)4)12-16(5)6/h14-16H,7-8H2,1-6,13H3. The van der Waals surface area contributed by atoms with Crippen LogP contribution in [0.1, 0.15) is 6.42 Å². The van der Waals surface area contributed by atoms with Crippen LogP contribution in [0.5, 0.6) is 0 Å². The van der Waals surface area contributed by atoms with Gasteiger partial charge in [-0.2, -0.15) is 0 Å². The molecular weight excluding hydrogens is 268 g/mol. The van der Waals surface area contributed by atoms with Crippen molar-refractivity contribution in [2.75, 3.05) is 0 Å². The first-order chi connectivity index (χ1) is 7.31. The molecule has 0 heterocycles. The second-order valence-corrected chi connectivity index (χ2v) is 12.9. The van der Waals surface area contributed by atoms with Gasteiger partial charge >= 0.3 is 0 Å². The summed E-state index contributed by atoms with van der Waals surface area (Å²) in [5, 5.41) is 0. The van der Waals surface area contributed by atoms with E-state index < -0.39 is 33.1 Å². The van der Waals surface area contributed by atoms with E-state index >= 15 is 0 Å². The summed E-state index contributed by atoms with van der Waals surface area (Å²) in [5.41, 5.74) is 0. The molecule has 0 N–H and O–H groups in total. The Bertz CT molecular complexity index is 161. The van der Waals surface area contributed by atoms with Gasteiger partial charge in [0.25, 0.3) is 5.97 Å². The second-order valence-electron chi connectivity index (χ2n) is 4.93. The molecule has 0 spiro atoms. The minimum Gasteiger partial charge on any atom is -0.374 e. The van der Waals surface area contributed by atoms with Gasteiger partial charge < -0.3 is 13.3 Å². The van der Waals surface area contributed by atoms with E-state index in [-0.39, 0.29) is 0 Å². The van der Waals surface area contributed by atoms with Crippen LogP contribution in [0.25, 0.3) is 0 Å². The number of rotatable bonds is 8. The fraction of sp³-hybridized carbons (Fsp3) is 1.00. The molecule has 0 saturated heterocycles. The van der Waals surface area contributed by atoms with Crippen molar-refractivity contribution in [3.8, 4) is 0 Å². The molecule has 0 rings (SSSR count). The molecule has 16 heavy (non-hydrogen) atoms. The molecule has 7 heteroatoms. The smallest absolute Gasteiger partial charge is 0.253 e. The van der Waals surface area contributed by atoms with Crippen LogP contribution in [-0.4, -0.2) is 43.3 Å². The van der Waals surface area contributed by atoms with Crippen LogP contribution in [0.15, 0.2) is 0 Å². The van der Waals surface area contributed by atoms with E-state index in [0.29, 0.717) is 0 Å². The Labute approximate surface area is 108 Å². The summed E-state index contributed by atoms with van der Waals surface area (Å²) in [7, 11) is -2.23. The SMILES string of the molecule is C[SiH](C)OC(CC[SiH3])(O[SiH](C)C)O[SiH](C)C. The molecule has 0 saturated carbocycles. The van der Waals surface area contributed by atoms with Crippen LogP contribution in [0.4, 0.5) is 0 Å². The van der Waals surface area contributed by atoms with Gasteiger partial charge in [0, 0.05) is 16.7 Å². The maximum Gasteiger partial charge on any atom is 0.253 e. The zero-order chi connectivity index (χ0) is 12.8. The Balaban J connectivity index is 4.72. The van der Waals surface area contributed by atoms with Crippen molar-refractivity contribution in [3.63, 3.8) is 0 Å². The molecule has 0 atom stereocenters. The number of hydrogen-bond acceptors (Lipinski definition) is 3. The predicted octanol–water partition coefficient (Wildman–Crippen LogP) is 0.814. The minimum absolute atomic E-state index is 0.664. The van der Waals surface area contributed by atoms with Crippen LogP contribution in [0.2, 0.25) is 45.3 Å². The van der Waals surface area contributed by atoms with Crippen molar-refractivity contribution >= 4 is 37.4 Å². The maximum atomic E-state index is 6.09. The Kier molecular flexibility index (Phi) is 8.33. The Morgan fingerprint density at radius 3 is 1.31 bits per heavy atom. The zero-order valence-electron chi connectivity index (χ0n) is 11.9.